The second kappa shape index (κ2) is 10.7. The van der Waals surface area contributed by atoms with E-state index >= 15 is 0 Å². The number of hydrogen-bond acceptors (Lipinski definition) is 8. The molecule has 0 aromatic carbocycles. The number of carboxylic acids is 1. The van der Waals surface area contributed by atoms with Crippen LogP contribution in [0.2, 0.25) is 10.0 Å². The van der Waals surface area contributed by atoms with Gasteiger partial charge in [-0.05, 0) is 13.3 Å². The van der Waals surface area contributed by atoms with E-state index in [9.17, 15) is 19.5 Å². The lowest BCUT2D eigenvalue weighted by Crippen LogP contribution is -2.55. The number of carboxylic acid groups (broad SMARTS) is 1. The molecule has 1 fully saturated rings. The fraction of sp³-hybridized carbons (Fsp3) is 0.474. The quantitative estimate of drug-likeness (QED) is 0.351. The van der Waals surface area contributed by atoms with E-state index in [1.54, 1.807) is 11.8 Å². The summed E-state index contributed by atoms with van der Waals surface area (Å²) in [5.74, 6) is -2.36. The summed E-state index contributed by atoms with van der Waals surface area (Å²) in [4.78, 5) is 45.3. The number of aromatic carboxylic acids is 1. The highest BCUT2D eigenvalue weighted by atomic mass is 35.5. The Labute approximate surface area is 203 Å². The van der Waals surface area contributed by atoms with E-state index in [1.165, 1.54) is 7.11 Å². The first-order valence-corrected chi connectivity index (χ1v) is 11.5. The number of thiazole rings is 1. The van der Waals surface area contributed by atoms with Crippen molar-refractivity contribution >= 4 is 57.5 Å². The van der Waals surface area contributed by atoms with Crippen molar-refractivity contribution in [2.24, 2.45) is 0 Å². The van der Waals surface area contributed by atoms with Gasteiger partial charge in [0.1, 0.15) is 10.6 Å². The highest BCUT2D eigenvalue weighted by molar-refractivity contribution is 7.17. The van der Waals surface area contributed by atoms with Crippen LogP contribution in [0, 0.1) is 6.92 Å². The lowest BCUT2D eigenvalue weighted by Gasteiger charge is -2.37. The van der Waals surface area contributed by atoms with Gasteiger partial charge < -0.3 is 35.5 Å². The number of anilines is 1. The van der Waals surface area contributed by atoms with Crippen LogP contribution in [0.4, 0.5) is 5.13 Å². The van der Waals surface area contributed by atoms with E-state index < -0.39 is 23.9 Å². The molecule has 0 bridgehead atoms. The molecule has 2 aromatic rings. The predicted molar refractivity (Wildman–Crippen MR) is 123 cm³/mol. The molecule has 2 unspecified atom stereocenters. The number of aromatic amines is 1. The van der Waals surface area contributed by atoms with E-state index in [4.69, 9.17) is 33.0 Å². The van der Waals surface area contributed by atoms with Crippen LogP contribution in [0.15, 0.2) is 0 Å². The minimum Gasteiger partial charge on any atom is -0.477 e. The number of H-pyrrole nitrogens is 1. The molecule has 2 atom stereocenters. The lowest BCUT2D eigenvalue weighted by atomic mass is 10.0. The van der Waals surface area contributed by atoms with Crippen molar-refractivity contribution in [2.75, 3.05) is 38.3 Å². The van der Waals surface area contributed by atoms with E-state index in [-0.39, 0.29) is 45.5 Å². The van der Waals surface area contributed by atoms with Crippen LogP contribution < -0.4 is 15.5 Å². The number of hydrogen-bond donors (Lipinski definition) is 5. The predicted octanol–water partition coefficient (Wildman–Crippen LogP) is 1.53. The summed E-state index contributed by atoms with van der Waals surface area (Å²) in [6, 6.07) is -0.344. The Balaban J connectivity index is 1.74. The number of ether oxygens (including phenoxy) is 1. The van der Waals surface area contributed by atoms with Gasteiger partial charge in [-0.25, -0.2) is 9.78 Å². The van der Waals surface area contributed by atoms with Gasteiger partial charge in [0.05, 0.1) is 28.8 Å². The van der Waals surface area contributed by atoms with Crippen molar-refractivity contribution in [2.45, 2.75) is 25.5 Å². The van der Waals surface area contributed by atoms with Crippen LogP contribution in [-0.2, 0) is 4.74 Å². The zero-order chi connectivity index (χ0) is 24.3. The molecule has 0 radical (unpaired) electrons. The number of aryl methyl sites for hydroxylation is 1. The molecule has 0 saturated carbocycles. The fourth-order valence-corrected chi connectivity index (χ4v) is 4.81. The second-order valence-electron chi connectivity index (χ2n) is 7.30. The summed E-state index contributed by atoms with van der Waals surface area (Å²) in [5.41, 5.74) is 0.539. The fourth-order valence-electron chi connectivity index (χ4n) is 3.46. The first-order valence-electron chi connectivity index (χ1n) is 9.93. The van der Waals surface area contributed by atoms with E-state index in [0.717, 1.165) is 11.3 Å². The topological polar surface area (TPSA) is 157 Å². The Bertz CT molecular complexity index is 1060. The first-order chi connectivity index (χ1) is 15.7. The monoisotopic (exact) mass is 519 g/mol. The maximum absolute atomic E-state index is 12.7. The summed E-state index contributed by atoms with van der Waals surface area (Å²) in [6.45, 7) is 2.16. The molecular weight excluding hydrogens is 497 g/mol. The maximum atomic E-state index is 12.7. The number of aliphatic hydroxyl groups is 1. The van der Waals surface area contributed by atoms with Gasteiger partial charge in [-0.2, -0.15) is 0 Å². The maximum Gasteiger partial charge on any atom is 0.348 e. The van der Waals surface area contributed by atoms with Gasteiger partial charge in [0, 0.05) is 32.4 Å². The third-order valence-corrected chi connectivity index (χ3v) is 7.20. The number of rotatable bonds is 8. The van der Waals surface area contributed by atoms with Crippen LogP contribution in [-0.4, -0.2) is 83.5 Å². The van der Waals surface area contributed by atoms with E-state index in [1.807, 2.05) is 0 Å². The molecule has 11 nitrogen and oxygen atoms in total. The second-order valence-corrected chi connectivity index (χ2v) is 9.03. The first kappa shape index (κ1) is 25.2. The van der Waals surface area contributed by atoms with Crippen molar-refractivity contribution < 1.29 is 29.3 Å². The summed E-state index contributed by atoms with van der Waals surface area (Å²) in [7, 11) is 1.51. The van der Waals surface area contributed by atoms with E-state index in [0.29, 0.717) is 30.3 Å². The van der Waals surface area contributed by atoms with Gasteiger partial charge in [-0.3, -0.25) is 9.59 Å². The number of methoxy groups -OCH3 is 1. The van der Waals surface area contributed by atoms with Crippen LogP contribution in [0.5, 0.6) is 0 Å². The van der Waals surface area contributed by atoms with Crippen molar-refractivity contribution in [1.29, 1.82) is 0 Å². The molecular formula is C19H23Cl2N5O6S. The highest BCUT2D eigenvalue weighted by Gasteiger charge is 2.34. The lowest BCUT2D eigenvalue weighted by molar-refractivity contribution is 0.0540. The Morgan fingerprint density at radius 2 is 2.03 bits per heavy atom. The molecule has 1 saturated heterocycles. The van der Waals surface area contributed by atoms with Crippen molar-refractivity contribution in [3.05, 3.63) is 32.0 Å². The smallest absolute Gasteiger partial charge is 0.348 e. The van der Waals surface area contributed by atoms with Crippen molar-refractivity contribution in [3.63, 3.8) is 0 Å². The third-order valence-electron chi connectivity index (χ3n) is 5.15. The normalized spacial score (nSPS) is 18.3. The molecule has 180 valence electrons. The van der Waals surface area contributed by atoms with Crippen LogP contribution in [0.25, 0.3) is 0 Å². The Hall–Kier alpha value is -2.38. The summed E-state index contributed by atoms with van der Waals surface area (Å²) >= 11 is 13.1. The van der Waals surface area contributed by atoms with Gasteiger partial charge in [0.2, 0.25) is 0 Å². The van der Waals surface area contributed by atoms with Crippen LogP contribution in [0.1, 0.15) is 42.8 Å². The number of amides is 2. The molecule has 2 amide bonds. The van der Waals surface area contributed by atoms with Crippen LogP contribution >= 0.6 is 34.5 Å². The van der Waals surface area contributed by atoms with Crippen molar-refractivity contribution in [1.82, 2.24) is 20.6 Å². The number of aromatic nitrogens is 2. The molecule has 1 aliphatic rings. The molecule has 5 N–H and O–H groups in total. The van der Waals surface area contributed by atoms with Crippen LogP contribution in [0.3, 0.4) is 0 Å². The molecule has 3 rings (SSSR count). The summed E-state index contributed by atoms with van der Waals surface area (Å²) in [5, 5.41) is 24.4. The zero-order valence-electron chi connectivity index (χ0n) is 17.8. The Morgan fingerprint density at radius 3 is 2.61 bits per heavy atom. The van der Waals surface area contributed by atoms with Gasteiger partial charge >= 0.3 is 5.97 Å². The SMILES string of the molecule is COC1CN(c2nc(C(=O)NCCO)c(C(=O)O)s2)CCC1NC(=O)c1[nH]c(C)c(Cl)c1Cl. The molecule has 0 aliphatic carbocycles. The number of halogens is 2. The number of aliphatic hydroxyl groups excluding tert-OH is 1. The van der Waals surface area contributed by atoms with Gasteiger partial charge in [0.15, 0.2) is 10.8 Å². The largest absolute Gasteiger partial charge is 0.477 e. The summed E-state index contributed by atoms with van der Waals surface area (Å²) < 4.78 is 5.56. The minimum absolute atomic E-state index is 0.0167. The number of nitrogens with zero attached hydrogens (tertiary/aromatic N) is 2. The Morgan fingerprint density at radius 1 is 1.30 bits per heavy atom. The standard InChI is InChI=1S/C19H23Cl2N5O6S/c1-8-11(20)12(21)13(23-8)17(29)24-9-3-5-26(7-10(9)32-2)19-25-14(15(33-19)18(30)31)16(28)22-4-6-27/h9-10,23,27H,3-7H2,1-2H3,(H,22,28)(H,24,29)(H,30,31). The third kappa shape index (κ3) is 5.41. The van der Waals surface area contributed by atoms with Gasteiger partial charge in [-0.1, -0.05) is 34.5 Å². The highest BCUT2D eigenvalue weighted by Crippen LogP contribution is 2.31. The minimum atomic E-state index is -1.27. The summed E-state index contributed by atoms with van der Waals surface area (Å²) in [6.07, 6.45) is 0.0420. The van der Waals surface area contributed by atoms with Crippen molar-refractivity contribution in [3.8, 4) is 0 Å². The molecule has 14 heteroatoms. The molecule has 33 heavy (non-hydrogen) atoms. The molecule has 0 spiro atoms. The molecule has 2 aromatic heterocycles. The number of nitrogens with one attached hydrogen (secondary N) is 3. The zero-order valence-corrected chi connectivity index (χ0v) is 20.1. The van der Waals surface area contributed by atoms with Gasteiger partial charge in [-0.15, -0.1) is 0 Å². The number of carbonyl (C=O) groups excluding carboxylic acids is 2. The average molecular weight is 520 g/mol. The van der Waals surface area contributed by atoms with E-state index in [2.05, 4.69) is 20.6 Å². The van der Waals surface area contributed by atoms with Gasteiger partial charge in [0.25, 0.3) is 11.8 Å². The number of piperidine rings is 1. The Kier molecular flexibility index (Phi) is 8.19. The average Bonchev–Trinajstić information content (AvgIpc) is 3.35. The number of carbonyl (C=O) groups is 3. The molecule has 1 aliphatic heterocycles. The molecule has 3 heterocycles.